The Hall–Kier alpha value is -2.50. The molecule has 1 aromatic heterocycles. The third-order valence-corrected chi connectivity index (χ3v) is 3.08. The van der Waals surface area contributed by atoms with Crippen molar-refractivity contribution in [3.8, 4) is 11.5 Å². The molecule has 1 amide bonds. The third kappa shape index (κ3) is 2.45. The second-order valence-electron chi connectivity index (χ2n) is 4.50. The van der Waals surface area contributed by atoms with E-state index >= 15 is 0 Å². The Balaban J connectivity index is 1.50. The van der Waals surface area contributed by atoms with Crippen LogP contribution in [0.1, 0.15) is 5.69 Å². The molecule has 0 spiro atoms. The number of hydrogen-bond donors (Lipinski definition) is 1. The fraction of sp³-hybridized carbons (Fsp3) is 0.286. The Morgan fingerprint density at radius 2 is 2.00 bits per heavy atom. The van der Waals surface area contributed by atoms with Gasteiger partial charge < -0.3 is 14.8 Å². The number of nitrogens with one attached hydrogen (secondary N) is 1. The molecule has 0 bridgehead atoms. The van der Waals surface area contributed by atoms with Crippen LogP contribution in [0.2, 0.25) is 0 Å². The molecule has 1 aliphatic rings. The minimum absolute atomic E-state index is 0.286. The van der Waals surface area contributed by atoms with Gasteiger partial charge in [-0.2, -0.15) is 5.10 Å². The summed E-state index contributed by atoms with van der Waals surface area (Å²) in [5, 5.41) is 6.92. The van der Waals surface area contributed by atoms with Crippen molar-refractivity contribution in [1.29, 1.82) is 0 Å². The predicted octanol–water partition coefficient (Wildman–Crippen LogP) is 1.11. The van der Waals surface area contributed by atoms with E-state index in [2.05, 4.69) is 10.4 Å². The molecule has 6 nitrogen and oxygen atoms in total. The van der Waals surface area contributed by atoms with Gasteiger partial charge in [0.15, 0.2) is 11.5 Å². The van der Waals surface area contributed by atoms with Gasteiger partial charge in [0.2, 0.25) is 0 Å². The average Bonchev–Trinajstić information content (AvgIpc) is 3.05. The third-order valence-electron chi connectivity index (χ3n) is 3.08. The Kier molecular flexibility index (Phi) is 3.28. The van der Waals surface area contributed by atoms with Crippen LogP contribution in [0, 0.1) is 6.92 Å². The minimum Gasteiger partial charge on any atom is -0.442 e. The summed E-state index contributed by atoms with van der Waals surface area (Å²) < 4.78 is 12.7. The smallest absolute Gasteiger partial charge is 0.321 e. The molecule has 0 atom stereocenters. The monoisotopic (exact) mass is 273 g/mol. The van der Waals surface area contributed by atoms with Gasteiger partial charge in [0.05, 0.1) is 6.54 Å². The number of rotatable bonds is 4. The lowest BCUT2D eigenvalue weighted by molar-refractivity contribution is -0.136. The number of fused-ring (bicyclic) bond motifs is 1. The molecule has 0 radical (unpaired) electrons. The van der Waals surface area contributed by atoms with Gasteiger partial charge in [-0.3, -0.25) is 9.48 Å². The number of para-hydroxylation sites is 2. The molecule has 0 aliphatic carbocycles. The lowest BCUT2D eigenvalue weighted by Crippen LogP contribution is -2.41. The van der Waals surface area contributed by atoms with E-state index in [1.54, 1.807) is 18.3 Å². The van der Waals surface area contributed by atoms with E-state index in [0.717, 1.165) is 5.69 Å². The van der Waals surface area contributed by atoms with E-state index in [0.29, 0.717) is 24.6 Å². The first-order valence-electron chi connectivity index (χ1n) is 6.42. The summed E-state index contributed by atoms with van der Waals surface area (Å²) in [6, 6.07) is 9.14. The number of amides is 1. The van der Waals surface area contributed by atoms with Crippen molar-refractivity contribution in [2.24, 2.45) is 0 Å². The Morgan fingerprint density at radius 3 is 2.60 bits per heavy atom. The van der Waals surface area contributed by atoms with Gasteiger partial charge in [-0.25, -0.2) is 0 Å². The number of aryl methyl sites for hydroxylation is 1. The maximum atomic E-state index is 11.9. The van der Waals surface area contributed by atoms with Crippen molar-refractivity contribution in [3.63, 3.8) is 0 Å². The van der Waals surface area contributed by atoms with Crippen LogP contribution in [0.3, 0.4) is 0 Å². The molecule has 0 unspecified atom stereocenters. The predicted molar refractivity (Wildman–Crippen MR) is 71.5 cm³/mol. The molecule has 1 aliphatic heterocycles. The van der Waals surface area contributed by atoms with Crippen LogP contribution in [-0.2, 0) is 11.3 Å². The first-order valence-corrected chi connectivity index (χ1v) is 6.42. The molecule has 1 aromatic carbocycles. The quantitative estimate of drug-likeness (QED) is 0.906. The lowest BCUT2D eigenvalue weighted by atomic mass is 10.3. The number of hydrogen-bond acceptors (Lipinski definition) is 4. The van der Waals surface area contributed by atoms with Gasteiger partial charge in [-0.1, -0.05) is 12.1 Å². The van der Waals surface area contributed by atoms with Crippen LogP contribution in [0.5, 0.6) is 11.5 Å². The normalized spacial score (nSPS) is 13.4. The summed E-state index contributed by atoms with van der Waals surface area (Å²) in [5.74, 6) is 0.900. The topological polar surface area (TPSA) is 65.4 Å². The zero-order valence-electron chi connectivity index (χ0n) is 11.1. The number of carbonyl (C=O) groups excluding carboxylic acids is 1. The highest BCUT2D eigenvalue weighted by Gasteiger charge is 2.30. The van der Waals surface area contributed by atoms with Gasteiger partial charge in [0, 0.05) is 18.4 Å². The average molecular weight is 273 g/mol. The standard InChI is InChI=1S/C14H15N3O3/c1-10-6-7-16-17(10)9-8-15-13(18)14-19-11-4-2-3-5-12(11)20-14/h2-7,14H,8-9H2,1H3,(H,15,18). The Bertz CT molecular complexity index is 599. The molecule has 2 aromatic rings. The fourth-order valence-corrected chi connectivity index (χ4v) is 2.01. The summed E-state index contributed by atoms with van der Waals surface area (Å²) in [5.41, 5.74) is 1.06. The molecule has 0 fully saturated rings. The zero-order valence-corrected chi connectivity index (χ0v) is 11.1. The molecule has 3 rings (SSSR count). The van der Waals surface area contributed by atoms with Crippen molar-refractivity contribution in [3.05, 3.63) is 42.2 Å². The number of ether oxygens (including phenoxy) is 2. The van der Waals surface area contributed by atoms with Crippen LogP contribution in [-0.4, -0.2) is 28.5 Å². The number of aromatic nitrogens is 2. The van der Waals surface area contributed by atoms with Crippen molar-refractivity contribution < 1.29 is 14.3 Å². The number of nitrogens with zero attached hydrogens (tertiary/aromatic N) is 2. The molecule has 2 heterocycles. The zero-order chi connectivity index (χ0) is 13.9. The van der Waals surface area contributed by atoms with Crippen LogP contribution in [0.25, 0.3) is 0 Å². The maximum Gasteiger partial charge on any atom is 0.321 e. The van der Waals surface area contributed by atoms with E-state index < -0.39 is 6.29 Å². The van der Waals surface area contributed by atoms with E-state index in [1.807, 2.05) is 29.8 Å². The van der Waals surface area contributed by atoms with Gasteiger partial charge in [0.25, 0.3) is 0 Å². The first-order chi connectivity index (χ1) is 9.74. The molecular formula is C14H15N3O3. The minimum atomic E-state index is -0.911. The highest BCUT2D eigenvalue weighted by atomic mass is 16.7. The van der Waals surface area contributed by atoms with Crippen LogP contribution in [0.4, 0.5) is 0 Å². The summed E-state index contributed by atoms with van der Waals surface area (Å²) in [6.45, 7) is 3.06. The van der Waals surface area contributed by atoms with Crippen molar-refractivity contribution in [2.45, 2.75) is 19.8 Å². The second-order valence-corrected chi connectivity index (χ2v) is 4.50. The highest BCUT2D eigenvalue weighted by molar-refractivity contribution is 5.81. The molecule has 20 heavy (non-hydrogen) atoms. The lowest BCUT2D eigenvalue weighted by Gasteiger charge is -2.11. The van der Waals surface area contributed by atoms with Crippen molar-refractivity contribution in [1.82, 2.24) is 15.1 Å². The van der Waals surface area contributed by atoms with E-state index in [1.165, 1.54) is 0 Å². The molecule has 6 heteroatoms. The van der Waals surface area contributed by atoms with E-state index in [4.69, 9.17) is 9.47 Å². The van der Waals surface area contributed by atoms with Gasteiger partial charge >= 0.3 is 12.2 Å². The number of benzene rings is 1. The SMILES string of the molecule is Cc1ccnn1CCNC(=O)C1Oc2ccccc2O1. The largest absolute Gasteiger partial charge is 0.442 e. The fourth-order valence-electron chi connectivity index (χ4n) is 2.01. The molecule has 0 saturated heterocycles. The van der Waals surface area contributed by atoms with E-state index in [-0.39, 0.29) is 5.91 Å². The van der Waals surface area contributed by atoms with Gasteiger partial charge in [0.1, 0.15) is 0 Å². The van der Waals surface area contributed by atoms with Crippen LogP contribution in [0.15, 0.2) is 36.5 Å². The number of carbonyl (C=O) groups is 1. The van der Waals surface area contributed by atoms with Crippen molar-refractivity contribution >= 4 is 5.91 Å². The Morgan fingerprint density at radius 1 is 1.30 bits per heavy atom. The summed E-state index contributed by atoms with van der Waals surface area (Å²) >= 11 is 0. The van der Waals surface area contributed by atoms with Gasteiger partial charge in [-0.15, -0.1) is 0 Å². The molecule has 0 saturated carbocycles. The maximum absolute atomic E-state index is 11.9. The second kappa shape index (κ2) is 5.24. The van der Waals surface area contributed by atoms with E-state index in [9.17, 15) is 4.79 Å². The highest BCUT2D eigenvalue weighted by Crippen LogP contribution is 2.33. The first kappa shape index (κ1) is 12.5. The Labute approximate surface area is 116 Å². The van der Waals surface area contributed by atoms with Crippen LogP contribution >= 0.6 is 0 Å². The van der Waals surface area contributed by atoms with Crippen molar-refractivity contribution in [2.75, 3.05) is 6.54 Å². The van der Waals surface area contributed by atoms with Crippen LogP contribution < -0.4 is 14.8 Å². The summed E-state index contributed by atoms with van der Waals surface area (Å²) in [6.07, 6.45) is 0.822. The molecular weight excluding hydrogens is 258 g/mol. The van der Waals surface area contributed by atoms with Gasteiger partial charge in [-0.05, 0) is 25.1 Å². The molecule has 1 N–H and O–H groups in total. The summed E-state index contributed by atoms with van der Waals surface area (Å²) in [4.78, 5) is 11.9. The molecule has 104 valence electrons. The summed E-state index contributed by atoms with van der Waals surface area (Å²) in [7, 11) is 0.